The van der Waals surface area contributed by atoms with Gasteiger partial charge in [-0.15, -0.1) is 6.58 Å². The molecule has 0 fully saturated rings. The van der Waals surface area contributed by atoms with Gasteiger partial charge < -0.3 is 10.1 Å². The third-order valence-electron chi connectivity index (χ3n) is 3.34. The van der Waals surface area contributed by atoms with Crippen molar-refractivity contribution in [1.29, 1.82) is 0 Å². The average molecular weight is 321 g/mol. The largest absolute Gasteiger partial charge is 0.497 e. The lowest BCUT2D eigenvalue weighted by molar-refractivity contribution is 0.415. The molecule has 2 aromatic rings. The summed E-state index contributed by atoms with van der Waals surface area (Å²) in [6.07, 6.45) is 4.79. The molecule has 1 aromatic heterocycles. The maximum atomic E-state index is 13.6. The zero-order valence-corrected chi connectivity index (χ0v) is 13.1. The second-order valence-electron chi connectivity index (χ2n) is 4.80. The molecule has 0 saturated carbocycles. The Labute approximate surface area is 134 Å². The van der Waals surface area contributed by atoms with Crippen molar-refractivity contribution in [3.63, 3.8) is 0 Å². The fraction of sp³-hybridized carbons (Fsp3) is 0.235. The fourth-order valence-corrected chi connectivity index (χ4v) is 2.42. The van der Waals surface area contributed by atoms with Crippen LogP contribution in [0.25, 0.3) is 0 Å². The van der Waals surface area contributed by atoms with E-state index in [-0.39, 0.29) is 11.1 Å². The van der Waals surface area contributed by atoms with Crippen LogP contribution in [0.15, 0.2) is 49.2 Å². The van der Waals surface area contributed by atoms with Crippen molar-refractivity contribution in [2.75, 3.05) is 12.4 Å². The molecule has 116 valence electrons. The first-order valence-electron chi connectivity index (χ1n) is 6.97. The third kappa shape index (κ3) is 3.98. The van der Waals surface area contributed by atoms with Crippen molar-refractivity contribution < 1.29 is 9.13 Å². The number of anilines is 1. The lowest BCUT2D eigenvalue weighted by Gasteiger charge is -2.21. The molecule has 1 unspecified atom stereocenters. The molecule has 0 saturated heterocycles. The third-order valence-corrected chi connectivity index (χ3v) is 3.72. The molecular weight excluding hydrogens is 303 g/mol. The quantitative estimate of drug-likeness (QED) is 0.575. The van der Waals surface area contributed by atoms with E-state index < -0.39 is 5.95 Å². The maximum absolute atomic E-state index is 13.6. The summed E-state index contributed by atoms with van der Waals surface area (Å²) in [4.78, 5) is 3.57. The maximum Gasteiger partial charge on any atom is 0.231 e. The van der Waals surface area contributed by atoms with Gasteiger partial charge >= 0.3 is 0 Å². The van der Waals surface area contributed by atoms with Gasteiger partial charge in [0.1, 0.15) is 10.8 Å². The summed E-state index contributed by atoms with van der Waals surface area (Å²) in [5.74, 6) is 0.125. The van der Waals surface area contributed by atoms with Crippen LogP contribution in [-0.2, 0) is 0 Å². The van der Waals surface area contributed by atoms with Crippen LogP contribution in [0.5, 0.6) is 5.75 Å². The molecule has 0 amide bonds. The van der Waals surface area contributed by atoms with Gasteiger partial charge in [-0.3, -0.25) is 0 Å². The second-order valence-corrected chi connectivity index (χ2v) is 5.17. The van der Waals surface area contributed by atoms with E-state index in [1.807, 2.05) is 30.3 Å². The molecule has 1 atom stereocenters. The molecule has 0 radical (unpaired) electrons. The van der Waals surface area contributed by atoms with Gasteiger partial charge in [0.25, 0.3) is 0 Å². The van der Waals surface area contributed by atoms with E-state index in [1.54, 1.807) is 13.2 Å². The molecule has 1 heterocycles. The van der Waals surface area contributed by atoms with Gasteiger partial charge in [-0.2, -0.15) is 4.39 Å². The van der Waals surface area contributed by atoms with Gasteiger partial charge in [0.05, 0.1) is 13.2 Å². The van der Waals surface area contributed by atoms with Crippen LogP contribution in [0.1, 0.15) is 24.4 Å². The van der Waals surface area contributed by atoms with Gasteiger partial charge in [0.2, 0.25) is 5.95 Å². The predicted molar refractivity (Wildman–Crippen MR) is 88.0 cm³/mol. The van der Waals surface area contributed by atoms with E-state index >= 15 is 0 Å². The number of ether oxygens (including phenoxy) is 1. The highest BCUT2D eigenvalue weighted by Crippen LogP contribution is 2.31. The number of benzene rings is 1. The van der Waals surface area contributed by atoms with Crippen LogP contribution >= 0.6 is 11.6 Å². The van der Waals surface area contributed by atoms with Crippen LogP contribution in [0.4, 0.5) is 10.1 Å². The standard InChI is InChI=1S/C17H18ClFN2O/c1-3-4-5-15(14-10-11-20-17(19)16(14)18)21-12-6-8-13(22-2)9-7-12/h3,6-11,15,21H,1,4-5H2,2H3. The lowest BCUT2D eigenvalue weighted by Crippen LogP contribution is -2.12. The number of aromatic nitrogens is 1. The molecule has 3 nitrogen and oxygen atoms in total. The van der Waals surface area contributed by atoms with E-state index in [4.69, 9.17) is 16.3 Å². The van der Waals surface area contributed by atoms with Crippen molar-refractivity contribution in [3.05, 3.63) is 65.7 Å². The Morgan fingerprint density at radius 1 is 1.36 bits per heavy atom. The summed E-state index contributed by atoms with van der Waals surface area (Å²) >= 11 is 6.06. The molecule has 1 aromatic carbocycles. The van der Waals surface area contributed by atoms with Gasteiger partial charge in [0.15, 0.2) is 0 Å². The van der Waals surface area contributed by atoms with E-state index in [0.717, 1.165) is 24.3 Å². The topological polar surface area (TPSA) is 34.1 Å². The van der Waals surface area contributed by atoms with E-state index in [0.29, 0.717) is 5.56 Å². The number of allylic oxidation sites excluding steroid dienone is 1. The first-order valence-corrected chi connectivity index (χ1v) is 7.35. The van der Waals surface area contributed by atoms with Crippen LogP contribution in [0.3, 0.4) is 0 Å². The monoisotopic (exact) mass is 320 g/mol. The van der Waals surface area contributed by atoms with Gasteiger partial charge in [-0.05, 0) is 48.7 Å². The summed E-state index contributed by atoms with van der Waals surface area (Å²) in [6, 6.07) is 9.14. The first-order chi connectivity index (χ1) is 10.7. The zero-order chi connectivity index (χ0) is 15.9. The predicted octanol–water partition coefficient (Wildman–Crippen LogP) is 5.00. The fourth-order valence-electron chi connectivity index (χ4n) is 2.18. The number of nitrogens with one attached hydrogen (secondary N) is 1. The highest BCUT2D eigenvalue weighted by atomic mass is 35.5. The molecule has 0 aliphatic rings. The Hall–Kier alpha value is -2.07. The van der Waals surface area contributed by atoms with Gasteiger partial charge in [-0.25, -0.2) is 4.98 Å². The minimum atomic E-state index is -0.653. The number of nitrogens with zero attached hydrogens (tertiary/aromatic N) is 1. The number of hydrogen-bond acceptors (Lipinski definition) is 3. The van der Waals surface area contributed by atoms with Crippen LogP contribution in [-0.4, -0.2) is 12.1 Å². The lowest BCUT2D eigenvalue weighted by atomic mass is 10.0. The van der Waals surface area contributed by atoms with Crippen molar-refractivity contribution in [2.24, 2.45) is 0 Å². The normalized spacial score (nSPS) is 11.8. The Morgan fingerprint density at radius 3 is 2.73 bits per heavy atom. The Bertz CT molecular complexity index is 631. The minimum absolute atomic E-state index is 0.0533. The molecule has 0 spiro atoms. The van der Waals surface area contributed by atoms with Crippen LogP contribution < -0.4 is 10.1 Å². The van der Waals surface area contributed by atoms with Gasteiger partial charge in [-0.1, -0.05) is 17.7 Å². The number of methoxy groups -OCH3 is 1. The molecular formula is C17H18ClFN2O. The molecule has 0 bridgehead atoms. The smallest absolute Gasteiger partial charge is 0.231 e. The molecule has 0 aliphatic heterocycles. The SMILES string of the molecule is C=CCCC(Nc1ccc(OC)cc1)c1ccnc(F)c1Cl. The molecule has 5 heteroatoms. The summed E-state index contributed by atoms with van der Waals surface area (Å²) in [6.45, 7) is 3.73. The highest BCUT2D eigenvalue weighted by Gasteiger charge is 2.17. The highest BCUT2D eigenvalue weighted by molar-refractivity contribution is 6.31. The van der Waals surface area contributed by atoms with Crippen molar-refractivity contribution in [1.82, 2.24) is 4.98 Å². The van der Waals surface area contributed by atoms with Crippen LogP contribution in [0.2, 0.25) is 5.02 Å². The van der Waals surface area contributed by atoms with Gasteiger partial charge in [0, 0.05) is 11.9 Å². The average Bonchev–Trinajstić information content (AvgIpc) is 2.55. The Morgan fingerprint density at radius 2 is 2.09 bits per heavy atom. The van der Waals surface area contributed by atoms with E-state index in [1.165, 1.54) is 6.20 Å². The summed E-state index contributed by atoms with van der Waals surface area (Å²) < 4.78 is 18.7. The van der Waals surface area contributed by atoms with E-state index in [9.17, 15) is 4.39 Å². The molecule has 0 aliphatic carbocycles. The van der Waals surface area contributed by atoms with E-state index in [2.05, 4.69) is 16.9 Å². The van der Waals surface area contributed by atoms with Crippen molar-refractivity contribution in [2.45, 2.75) is 18.9 Å². The number of hydrogen-bond donors (Lipinski definition) is 1. The first kappa shape index (κ1) is 16.3. The summed E-state index contributed by atoms with van der Waals surface area (Å²) in [7, 11) is 1.62. The minimum Gasteiger partial charge on any atom is -0.497 e. The second kappa shape index (κ2) is 7.80. The number of halogens is 2. The molecule has 2 rings (SSSR count). The Kier molecular flexibility index (Phi) is 5.78. The van der Waals surface area contributed by atoms with Crippen molar-refractivity contribution >= 4 is 17.3 Å². The molecule has 1 N–H and O–H groups in total. The van der Waals surface area contributed by atoms with Crippen LogP contribution in [0, 0.1) is 5.95 Å². The zero-order valence-electron chi connectivity index (χ0n) is 12.4. The summed E-state index contributed by atoms with van der Waals surface area (Å²) in [5.41, 5.74) is 1.59. The number of pyridine rings is 1. The Balaban J connectivity index is 2.25. The van der Waals surface area contributed by atoms with Crippen molar-refractivity contribution in [3.8, 4) is 5.75 Å². The number of rotatable bonds is 7. The molecule has 22 heavy (non-hydrogen) atoms. The summed E-state index contributed by atoms with van der Waals surface area (Å²) in [5, 5.41) is 3.42.